The highest BCUT2D eigenvalue weighted by atomic mass is 32.2. The Morgan fingerprint density at radius 2 is 1.95 bits per heavy atom. The first-order valence-electron chi connectivity index (χ1n) is 6.04. The predicted molar refractivity (Wildman–Crippen MR) is 75.9 cm³/mol. The SMILES string of the molecule is CC(=O)Nc1ccc(OC(=O)C[C@H]2SC(=O)NC2=O)cc1. The van der Waals surface area contributed by atoms with Crippen LogP contribution in [0.1, 0.15) is 13.3 Å². The molecule has 1 atom stereocenters. The van der Waals surface area contributed by atoms with Gasteiger partial charge in [-0.05, 0) is 24.3 Å². The summed E-state index contributed by atoms with van der Waals surface area (Å²) in [6.45, 7) is 1.39. The van der Waals surface area contributed by atoms with Crippen molar-refractivity contribution in [2.24, 2.45) is 0 Å². The Bertz CT molecular complexity index is 599. The summed E-state index contributed by atoms with van der Waals surface area (Å²) in [5.41, 5.74) is 0.582. The van der Waals surface area contributed by atoms with Crippen LogP contribution in [0.4, 0.5) is 10.5 Å². The minimum atomic E-state index is -0.747. The molecule has 0 unspecified atom stereocenters. The van der Waals surface area contributed by atoms with Crippen LogP contribution in [0.3, 0.4) is 0 Å². The highest BCUT2D eigenvalue weighted by Gasteiger charge is 2.33. The zero-order valence-electron chi connectivity index (χ0n) is 11.0. The third kappa shape index (κ3) is 4.32. The van der Waals surface area contributed by atoms with Crippen LogP contribution < -0.4 is 15.4 Å². The van der Waals surface area contributed by atoms with Gasteiger partial charge in [-0.25, -0.2) is 0 Å². The lowest BCUT2D eigenvalue weighted by atomic mass is 10.3. The second-order valence-corrected chi connectivity index (χ2v) is 5.44. The van der Waals surface area contributed by atoms with Gasteiger partial charge in [0.25, 0.3) is 5.24 Å². The number of carbonyl (C=O) groups is 4. The molecule has 0 radical (unpaired) electrons. The van der Waals surface area contributed by atoms with Gasteiger partial charge in [0.1, 0.15) is 11.0 Å². The molecule has 1 heterocycles. The van der Waals surface area contributed by atoms with E-state index in [1.807, 2.05) is 0 Å². The van der Waals surface area contributed by atoms with Crippen molar-refractivity contribution in [3.05, 3.63) is 24.3 Å². The Hall–Kier alpha value is -2.35. The van der Waals surface area contributed by atoms with Crippen molar-refractivity contribution in [1.29, 1.82) is 0 Å². The largest absolute Gasteiger partial charge is 0.426 e. The number of benzene rings is 1. The van der Waals surface area contributed by atoms with Crippen molar-refractivity contribution in [3.63, 3.8) is 0 Å². The van der Waals surface area contributed by atoms with E-state index in [4.69, 9.17) is 4.74 Å². The first kappa shape index (κ1) is 15.0. The van der Waals surface area contributed by atoms with E-state index in [0.717, 1.165) is 11.8 Å². The molecule has 110 valence electrons. The van der Waals surface area contributed by atoms with E-state index in [-0.39, 0.29) is 12.3 Å². The van der Waals surface area contributed by atoms with E-state index < -0.39 is 22.4 Å². The van der Waals surface area contributed by atoms with Gasteiger partial charge in [-0.1, -0.05) is 11.8 Å². The average Bonchev–Trinajstić information content (AvgIpc) is 2.69. The van der Waals surface area contributed by atoms with Crippen molar-refractivity contribution in [2.45, 2.75) is 18.6 Å². The molecule has 0 aliphatic carbocycles. The minimum Gasteiger partial charge on any atom is -0.426 e. The van der Waals surface area contributed by atoms with E-state index in [9.17, 15) is 19.2 Å². The number of anilines is 1. The standard InChI is InChI=1S/C13H12N2O5S/c1-7(16)14-8-2-4-9(5-3-8)20-11(17)6-10-12(18)15-13(19)21-10/h2-5,10H,6H2,1H3,(H,14,16)(H,15,18,19)/t10-/m1/s1. The van der Waals surface area contributed by atoms with Crippen molar-refractivity contribution in [3.8, 4) is 5.75 Å². The summed E-state index contributed by atoms with van der Waals surface area (Å²) in [5.74, 6) is -0.995. The smallest absolute Gasteiger partial charge is 0.312 e. The molecule has 1 saturated heterocycles. The number of amides is 3. The summed E-state index contributed by atoms with van der Waals surface area (Å²) in [7, 11) is 0. The molecule has 21 heavy (non-hydrogen) atoms. The summed E-state index contributed by atoms with van der Waals surface area (Å²) in [4.78, 5) is 44.8. The molecule has 0 spiro atoms. The van der Waals surface area contributed by atoms with Crippen LogP contribution in [-0.4, -0.2) is 28.3 Å². The van der Waals surface area contributed by atoms with Crippen molar-refractivity contribution in [2.75, 3.05) is 5.32 Å². The molecule has 3 amide bonds. The fourth-order valence-corrected chi connectivity index (χ4v) is 2.47. The summed E-state index contributed by atoms with van der Waals surface area (Å²) in [6.07, 6.45) is -0.185. The Kier molecular flexibility index (Phi) is 4.59. The molecule has 1 aromatic rings. The van der Waals surface area contributed by atoms with Gasteiger partial charge in [-0.2, -0.15) is 0 Å². The third-order valence-electron chi connectivity index (χ3n) is 2.53. The number of rotatable bonds is 4. The van der Waals surface area contributed by atoms with Crippen LogP contribution in [0.2, 0.25) is 0 Å². The van der Waals surface area contributed by atoms with Gasteiger partial charge in [0.2, 0.25) is 11.8 Å². The minimum absolute atomic E-state index is 0.185. The number of hydrogen-bond acceptors (Lipinski definition) is 6. The molecule has 1 aliphatic rings. The molecular formula is C13H12N2O5S. The van der Waals surface area contributed by atoms with Gasteiger partial charge in [0.05, 0.1) is 6.42 Å². The second-order valence-electron chi connectivity index (χ2n) is 4.27. The molecule has 0 saturated carbocycles. The van der Waals surface area contributed by atoms with Crippen molar-refractivity contribution < 1.29 is 23.9 Å². The Balaban J connectivity index is 1.89. The van der Waals surface area contributed by atoms with E-state index in [1.165, 1.54) is 19.1 Å². The fraction of sp³-hybridized carbons (Fsp3) is 0.231. The van der Waals surface area contributed by atoms with Crippen LogP contribution in [0, 0.1) is 0 Å². The number of thioether (sulfide) groups is 1. The van der Waals surface area contributed by atoms with Crippen LogP contribution in [0.5, 0.6) is 5.75 Å². The first-order valence-corrected chi connectivity index (χ1v) is 6.92. The molecule has 1 fully saturated rings. The molecule has 7 nitrogen and oxygen atoms in total. The molecule has 2 rings (SSSR count). The van der Waals surface area contributed by atoms with Crippen LogP contribution in [0.15, 0.2) is 24.3 Å². The van der Waals surface area contributed by atoms with E-state index in [0.29, 0.717) is 11.4 Å². The van der Waals surface area contributed by atoms with Gasteiger partial charge in [-0.15, -0.1) is 0 Å². The molecular weight excluding hydrogens is 296 g/mol. The fourth-order valence-electron chi connectivity index (χ4n) is 1.66. The molecule has 2 N–H and O–H groups in total. The highest BCUT2D eigenvalue weighted by molar-refractivity contribution is 8.15. The van der Waals surface area contributed by atoms with Crippen LogP contribution in [0.25, 0.3) is 0 Å². The van der Waals surface area contributed by atoms with Crippen molar-refractivity contribution >= 4 is 40.5 Å². The Morgan fingerprint density at radius 1 is 1.29 bits per heavy atom. The lowest BCUT2D eigenvalue weighted by Gasteiger charge is -2.07. The number of carbonyl (C=O) groups excluding carboxylic acids is 4. The molecule has 0 bridgehead atoms. The second kappa shape index (κ2) is 6.40. The maximum Gasteiger partial charge on any atom is 0.312 e. The zero-order valence-corrected chi connectivity index (χ0v) is 11.9. The molecule has 1 aromatic carbocycles. The first-order chi connectivity index (χ1) is 9.94. The number of ether oxygens (including phenoxy) is 1. The summed E-state index contributed by atoms with van der Waals surface area (Å²) in [5, 5.41) is 3.47. The van der Waals surface area contributed by atoms with E-state index >= 15 is 0 Å². The Labute approximate surface area is 124 Å². The average molecular weight is 308 g/mol. The van der Waals surface area contributed by atoms with Gasteiger partial charge in [0.15, 0.2) is 0 Å². The zero-order chi connectivity index (χ0) is 15.4. The van der Waals surface area contributed by atoms with E-state index in [2.05, 4.69) is 10.6 Å². The van der Waals surface area contributed by atoms with Crippen LogP contribution in [-0.2, 0) is 14.4 Å². The highest BCUT2D eigenvalue weighted by Crippen LogP contribution is 2.23. The number of nitrogens with one attached hydrogen (secondary N) is 2. The third-order valence-corrected chi connectivity index (χ3v) is 3.51. The summed E-state index contributed by atoms with van der Waals surface area (Å²) >= 11 is 0.774. The Morgan fingerprint density at radius 3 is 2.48 bits per heavy atom. The van der Waals surface area contributed by atoms with E-state index in [1.54, 1.807) is 12.1 Å². The normalized spacial score (nSPS) is 17.3. The predicted octanol–water partition coefficient (Wildman–Crippen LogP) is 1.29. The van der Waals surface area contributed by atoms with Gasteiger partial charge < -0.3 is 10.1 Å². The summed E-state index contributed by atoms with van der Waals surface area (Å²) in [6, 6.07) is 6.22. The molecule has 8 heteroatoms. The summed E-state index contributed by atoms with van der Waals surface area (Å²) < 4.78 is 5.06. The van der Waals surface area contributed by atoms with Crippen LogP contribution >= 0.6 is 11.8 Å². The lowest BCUT2D eigenvalue weighted by molar-refractivity contribution is -0.135. The van der Waals surface area contributed by atoms with Gasteiger partial charge in [-0.3, -0.25) is 24.5 Å². The number of esters is 1. The quantitative estimate of drug-likeness (QED) is 0.642. The monoisotopic (exact) mass is 308 g/mol. The molecule has 0 aromatic heterocycles. The van der Waals surface area contributed by atoms with Crippen molar-refractivity contribution in [1.82, 2.24) is 5.32 Å². The van der Waals surface area contributed by atoms with Gasteiger partial charge in [0, 0.05) is 12.6 Å². The maximum atomic E-state index is 11.7. The molecule has 1 aliphatic heterocycles. The maximum absolute atomic E-state index is 11.7. The number of hydrogen-bond donors (Lipinski definition) is 2. The lowest BCUT2D eigenvalue weighted by Crippen LogP contribution is -2.27. The number of imide groups is 1. The van der Waals surface area contributed by atoms with Gasteiger partial charge >= 0.3 is 5.97 Å². The topological polar surface area (TPSA) is 102 Å².